The van der Waals surface area contributed by atoms with Crippen LogP contribution in [0.2, 0.25) is 5.02 Å². The predicted octanol–water partition coefficient (Wildman–Crippen LogP) is 5.35. The number of ether oxygens (including phenoxy) is 1. The summed E-state index contributed by atoms with van der Waals surface area (Å²) in [4.78, 5) is 27.7. The maximum absolute atomic E-state index is 13.2. The molecule has 6 heteroatoms. The third-order valence-corrected chi connectivity index (χ3v) is 5.68. The van der Waals surface area contributed by atoms with Crippen LogP contribution in [0, 0.1) is 6.92 Å². The number of nitrogens with zero attached hydrogens (tertiary/aromatic N) is 1. The highest BCUT2D eigenvalue weighted by Crippen LogP contribution is 2.26. The Labute approximate surface area is 186 Å². The van der Waals surface area contributed by atoms with E-state index in [-0.39, 0.29) is 12.5 Å². The summed E-state index contributed by atoms with van der Waals surface area (Å²) in [7, 11) is 0. The molecule has 1 aliphatic rings. The second-order valence-corrected chi connectivity index (χ2v) is 8.04. The van der Waals surface area contributed by atoms with Gasteiger partial charge in [0.2, 0.25) is 5.91 Å². The zero-order valence-electron chi connectivity index (χ0n) is 17.2. The number of fused-ring (bicyclic) bond motifs is 1. The molecule has 0 saturated heterocycles. The molecule has 0 bridgehead atoms. The fraction of sp³-hybridized carbons (Fsp3) is 0.200. The average Bonchev–Trinajstić information content (AvgIpc) is 2.79. The Balaban J connectivity index is 1.55. The molecule has 31 heavy (non-hydrogen) atoms. The van der Waals surface area contributed by atoms with Crippen molar-refractivity contribution < 1.29 is 14.3 Å². The Bertz CT molecular complexity index is 1100. The zero-order valence-corrected chi connectivity index (χ0v) is 17.9. The highest BCUT2D eigenvalue weighted by atomic mass is 35.5. The van der Waals surface area contributed by atoms with Gasteiger partial charge < -0.3 is 10.1 Å². The third-order valence-electron chi connectivity index (χ3n) is 5.45. The zero-order chi connectivity index (χ0) is 21.8. The fourth-order valence-corrected chi connectivity index (χ4v) is 3.87. The fourth-order valence-electron chi connectivity index (χ4n) is 3.70. The minimum absolute atomic E-state index is 0.152. The largest absolute Gasteiger partial charge is 0.445 e. The monoisotopic (exact) mass is 434 g/mol. The van der Waals surface area contributed by atoms with E-state index in [0.717, 1.165) is 22.3 Å². The molecule has 0 fully saturated rings. The van der Waals surface area contributed by atoms with Crippen LogP contribution in [0.5, 0.6) is 0 Å². The maximum Gasteiger partial charge on any atom is 0.411 e. The van der Waals surface area contributed by atoms with Crippen LogP contribution in [0.4, 0.5) is 10.5 Å². The van der Waals surface area contributed by atoms with Crippen LogP contribution in [0.1, 0.15) is 22.3 Å². The summed E-state index contributed by atoms with van der Waals surface area (Å²) in [5, 5.41) is 3.47. The lowest BCUT2D eigenvalue weighted by Gasteiger charge is -2.35. The minimum Gasteiger partial charge on any atom is -0.445 e. The van der Waals surface area contributed by atoms with Gasteiger partial charge >= 0.3 is 6.09 Å². The Hall–Kier alpha value is -3.31. The molecular weight excluding hydrogens is 412 g/mol. The van der Waals surface area contributed by atoms with E-state index in [1.165, 1.54) is 4.90 Å². The molecule has 0 spiro atoms. The number of carbonyl (C=O) groups is 2. The second kappa shape index (κ2) is 9.23. The first kappa shape index (κ1) is 20.9. The van der Waals surface area contributed by atoms with Crippen LogP contribution in [0.25, 0.3) is 0 Å². The quantitative estimate of drug-likeness (QED) is 0.602. The molecule has 158 valence electrons. The van der Waals surface area contributed by atoms with Gasteiger partial charge in [-0.25, -0.2) is 4.79 Å². The van der Waals surface area contributed by atoms with E-state index in [0.29, 0.717) is 23.7 Å². The van der Waals surface area contributed by atoms with Crippen molar-refractivity contribution in [2.24, 2.45) is 0 Å². The molecule has 5 nitrogen and oxygen atoms in total. The summed E-state index contributed by atoms with van der Waals surface area (Å²) in [5.74, 6) is -0.267. The van der Waals surface area contributed by atoms with Gasteiger partial charge in [0.25, 0.3) is 0 Å². The van der Waals surface area contributed by atoms with Gasteiger partial charge in [-0.3, -0.25) is 9.69 Å². The molecule has 3 aromatic rings. The van der Waals surface area contributed by atoms with Gasteiger partial charge in [0, 0.05) is 17.1 Å². The van der Waals surface area contributed by atoms with Crippen LogP contribution in [-0.2, 0) is 29.1 Å². The number of rotatable bonds is 4. The number of benzene rings is 3. The lowest BCUT2D eigenvalue weighted by Crippen LogP contribution is -2.50. The molecule has 0 aliphatic carbocycles. The molecular formula is C25H23ClN2O3. The predicted molar refractivity (Wildman–Crippen MR) is 121 cm³/mol. The number of hydrogen-bond donors (Lipinski definition) is 1. The summed E-state index contributed by atoms with van der Waals surface area (Å²) in [5.41, 5.74) is 4.49. The molecule has 4 rings (SSSR count). The molecule has 2 amide bonds. The van der Waals surface area contributed by atoms with Gasteiger partial charge in [-0.2, -0.15) is 0 Å². The smallest absolute Gasteiger partial charge is 0.411 e. The molecule has 3 aromatic carbocycles. The van der Waals surface area contributed by atoms with Gasteiger partial charge in [0.15, 0.2) is 0 Å². The number of aryl methyl sites for hydroxylation is 1. The van der Waals surface area contributed by atoms with Gasteiger partial charge in [-0.15, -0.1) is 0 Å². The number of anilines is 1. The standard InChI is InChI=1S/C25H23ClN2O3/c1-17-11-12-21(26)14-22(17)27-24(29)23-13-19-9-5-6-10-20(19)15-28(23)25(30)31-16-18-7-3-2-4-8-18/h2-12,14,23H,13,15-16H2,1H3,(H,27,29)/t23-/m1/s1. The lowest BCUT2D eigenvalue weighted by atomic mass is 9.93. The number of nitrogens with one attached hydrogen (secondary N) is 1. The Morgan fingerprint density at radius 1 is 1.03 bits per heavy atom. The lowest BCUT2D eigenvalue weighted by molar-refractivity contribution is -0.121. The normalized spacial score (nSPS) is 15.2. The Kier molecular flexibility index (Phi) is 6.23. The number of amides is 2. The first-order chi connectivity index (χ1) is 15.0. The van der Waals surface area contributed by atoms with Crippen molar-refractivity contribution in [2.75, 3.05) is 5.32 Å². The van der Waals surface area contributed by atoms with Gasteiger partial charge in [0.05, 0.1) is 6.54 Å². The first-order valence-corrected chi connectivity index (χ1v) is 10.5. The van der Waals surface area contributed by atoms with Crippen molar-refractivity contribution in [3.63, 3.8) is 0 Å². The molecule has 1 aliphatic heterocycles. The van der Waals surface area contributed by atoms with E-state index in [9.17, 15) is 9.59 Å². The first-order valence-electron chi connectivity index (χ1n) is 10.1. The minimum atomic E-state index is -0.684. The van der Waals surface area contributed by atoms with E-state index in [4.69, 9.17) is 16.3 Å². The van der Waals surface area contributed by atoms with E-state index in [1.54, 1.807) is 12.1 Å². The molecule has 1 heterocycles. The van der Waals surface area contributed by atoms with Gasteiger partial charge in [-0.1, -0.05) is 72.3 Å². The van der Waals surface area contributed by atoms with Crippen LogP contribution in [0.3, 0.4) is 0 Å². The summed E-state index contributed by atoms with van der Waals surface area (Å²) < 4.78 is 5.54. The van der Waals surface area contributed by atoms with Gasteiger partial charge in [0.1, 0.15) is 12.6 Å². The SMILES string of the molecule is Cc1ccc(Cl)cc1NC(=O)[C@H]1Cc2ccccc2CN1C(=O)OCc1ccccc1. The molecule has 0 saturated carbocycles. The summed E-state index contributed by atoms with van der Waals surface area (Å²) in [6.07, 6.45) is -0.0940. The highest BCUT2D eigenvalue weighted by molar-refractivity contribution is 6.31. The molecule has 1 N–H and O–H groups in total. The average molecular weight is 435 g/mol. The van der Waals surface area contributed by atoms with Crippen molar-refractivity contribution in [1.82, 2.24) is 4.90 Å². The molecule has 0 aromatic heterocycles. The topological polar surface area (TPSA) is 58.6 Å². The Morgan fingerprint density at radius 2 is 1.74 bits per heavy atom. The summed E-state index contributed by atoms with van der Waals surface area (Å²) >= 11 is 6.10. The van der Waals surface area contributed by atoms with E-state index < -0.39 is 12.1 Å². The van der Waals surface area contributed by atoms with E-state index in [1.807, 2.05) is 67.6 Å². The summed E-state index contributed by atoms with van der Waals surface area (Å²) in [6, 6.07) is 22.0. The van der Waals surface area contributed by atoms with Crippen LogP contribution in [0.15, 0.2) is 72.8 Å². The third kappa shape index (κ3) is 4.89. The second-order valence-electron chi connectivity index (χ2n) is 7.61. The maximum atomic E-state index is 13.2. The van der Waals surface area contributed by atoms with E-state index >= 15 is 0 Å². The number of hydrogen-bond acceptors (Lipinski definition) is 3. The summed E-state index contributed by atoms with van der Waals surface area (Å²) in [6.45, 7) is 2.37. The van der Waals surface area contributed by atoms with Crippen molar-refractivity contribution >= 4 is 29.3 Å². The van der Waals surface area contributed by atoms with Crippen molar-refractivity contribution in [1.29, 1.82) is 0 Å². The molecule has 1 atom stereocenters. The van der Waals surface area contributed by atoms with Crippen molar-refractivity contribution in [3.8, 4) is 0 Å². The van der Waals surface area contributed by atoms with E-state index in [2.05, 4.69) is 5.32 Å². The van der Waals surface area contributed by atoms with Crippen LogP contribution < -0.4 is 5.32 Å². The van der Waals surface area contributed by atoms with Crippen molar-refractivity contribution in [3.05, 3.63) is 100 Å². The Morgan fingerprint density at radius 3 is 2.52 bits per heavy atom. The van der Waals surface area contributed by atoms with Crippen LogP contribution in [-0.4, -0.2) is 22.9 Å². The number of halogens is 1. The molecule has 0 unspecified atom stereocenters. The highest BCUT2D eigenvalue weighted by Gasteiger charge is 2.35. The number of carbonyl (C=O) groups excluding carboxylic acids is 2. The van der Waals surface area contributed by atoms with Crippen molar-refractivity contribution in [2.45, 2.75) is 32.5 Å². The molecule has 0 radical (unpaired) electrons. The van der Waals surface area contributed by atoms with Gasteiger partial charge in [-0.05, 0) is 41.3 Å². The van der Waals surface area contributed by atoms with Crippen LogP contribution >= 0.6 is 11.6 Å².